The molecule has 0 bridgehead atoms. The largest absolute Gasteiger partial charge is 0.310 e. The van der Waals surface area contributed by atoms with Gasteiger partial charge in [-0.1, -0.05) is 72.3 Å². The lowest BCUT2D eigenvalue weighted by molar-refractivity contribution is 1.30. The number of halogens is 1. The van der Waals surface area contributed by atoms with Crippen LogP contribution in [0.2, 0.25) is 5.02 Å². The predicted octanol–water partition coefficient (Wildman–Crippen LogP) is 10.5. The number of rotatable bonds is 3. The smallest absolute Gasteiger partial charge is 0.0540 e. The summed E-state index contributed by atoms with van der Waals surface area (Å²) in [7, 11) is 0. The third-order valence-corrected chi connectivity index (χ3v) is 8.02. The number of benzene rings is 6. The summed E-state index contributed by atoms with van der Waals surface area (Å²) in [6.07, 6.45) is 0. The number of nitrogens with zero attached hydrogens (tertiary/aromatic N) is 1. The summed E-state index contributed by atoms with van der Waals surface area (Å²) in [4.78, 5) is 2.36. The lowest BCUT2D eigenvalue weighted by Gasteiger charge is -2.27. The molecular weight excluding hydrogens is 466 g/mol. The van der Waals surface area contributed by atoms with Crippen molar-refractivity contribution in [3.8, 4) is 0 Å². The quantitative estimate of drug-likeness (QED) is 0.240. The van der Waals surface area contributed by atoms with E-state index in [4.69, 9.17) is 11.6 Å². The van der Waals surface area contributed by atoms with Crippen LogP contribution in [0.25, 0.3) is 41.7 Å². The van der Waals surface area contributed by atoms with Crippen molar-refractivity contribution in [3.63, 3.8) is 0 Å². The zero-order valence-electron chi connectivity index (χ0n) is 18.8. The molecule has 0 aliphatic carbocycles. The topological polar surface area (TPSA) is 3.24 Å². The van der Waals surface area contributed by atoms with E-state index in [2.05, 4.69) is 120 Å². The maximum absolute atomic E-state index is 6.34. The molecule has 7 aromatic rings. The number of hydrogen-bond donors (Lipinski definition) is 0. The van der Waals surface area contributed by atoms with Gasteiger partial charge in [0.1, 0.15) is 0 Å². The normalized spacial score (nSPS) is 11.6. The Morgan fingerprint density at radius 3 is 2.20 bits per heavy atom. The minimum absolute atomic E-state index is 0.775. The summed E-state index contributed by atoms with van der Waals surface area (Å²) in [5, 5.41) is 8.17. The van der Waals surface area contributed by atoms with E-state index < -0.39 is 0 Å². The van der Waals surface area contributed by atoms with Crippen molar-refractivity contribution >= 4 is 81.7 Å². The average molecular weight is 486 g/mol. The Balaban J connectivity index is 1.48. The number of anilines is 3. The van der Waals surface area contributed by atoms with Crippen LogP contribution in [0, 0.1) is 0 Å². The molecule has 0 radical (unpaired) electrons. The number of hydrogen-bond acceptors (Lipinski definition) is 2. The van der Waals surface area contributed by atoms with Crippen molar-refractivity contribution in [1.82, 2.24) is 0 Å². The molecule has 0 fully saturated rings. The molecule has 0 spiro atoms. The van der Waals surface area contributed by atoms with Gasteiger partial charge in [-0.3, -0.25) is 0 Å². The monoisotopic (exact) mass is 485 g/mol. The van der Waals surface area contributed by atoms with E-state index in [9.17, 15) is 0 Å². The fourth-order valence-electron chi connectivity index (χ4n) is 5.03. The summed E-state index contributed by atoms with van der Waals surface area (Å²) in [6, 6.07) is 43.3. The third kappa shape index (κ3) is 3.46. The van der Waals surface area contributed by atoms with Gasteiger partial charge in [0.2, 0.25) is 0 Å². The van der Waals surface area contributed by atoms with E-state index in [0.29, 0.717) is 0 Å². The molecule has 0 N–H and O–H groups in total. The van der Waals surface area contributed by atoms with Gasteiger partial charge in [0, 0.05) is 42.0 Å². The van der Waals surface area contributed by atoms with Crippen LogP contribution in [0.1, 0.15) is 0 Å². The first-order valence-electron chi connectivity index (χ1n) is 11.6. The van der Waals surface area contributed by atoms with Gasteiger partial charge < -0.3 is 4.90 Å². The maximum Gasteiger partial charge on any atom is 0.0540 e. The van der Waals surface area contributed by atoms with Crippen LogP contribution in [0.4, 0.5) is 17.1 Å². The minimum Gasteiger partial charge on any atom is -0.310 e. The summed E-state index contributed by atoms with van der Waals surface area (Å²) >= 11 is 8.16. The maximum atomic E-state index is 6.34. The van der Waals surface area contributed by atoms with E-state index in [1.807, 2.05) is 17.4 Å². The molecule has 0 aliphatic rings. The van der Waals surface area contributed by atoms with E-state index in [0.717, 1.165) is 16.4 Å². The molecule has 166 valence electrons. The summed E-state index contributed by atoms with van der Waals surface area (Å²) in [6.45, 7) is 0. The van der Waals surface area contributed by atoms with E-state index in [1.54, 1.807) is 0 Å². The molecule has 1 heterocycles. The molecule has 6 aromatic carbocycles. The van der Waals surface area contributed by atoms with Crippen LogP contribution in [-0.4, -0.2) is 0 Å². The van der Waals surface area contributed by atoms with Crippen molar-refractivity contribution in [1.29, 1.82) is 0 Å². The minimum atomic E-state index is 0.775. The van der Waals surface area contributed by atoms with E-state index >= 15 is 0 Å². The van der Waals surface area contributed by atoms with Crippen LogP contribution >= 0.6 is 22.9 Å². The van der Waals surface area contributed by atoms with Gasteiger partial charge >= 0.3 is 0 Å². The fourth-order valence-corrected chi connectivity index (χ4v) is 6.31. The molecule has 0 aliphatic heterocycles. The molecule has 0 saturated heterocycles. The van der Waals surface area contributed by atoms with Gasteiger partial charge in [-0.25, -0.2) is 0 Å². The molecule has 0 saturated carbocycles. The Labute approximate surface area is 212 Å². The Kier molecular flexibility index (Phi) is 4.76. The second kappa shape index (κ2) is 8.13. The fraction of sp³-hybridized carbons (Fsp3) is 0. The van der Waals surface area contributed by atoms with Crippen LogP contribution < -0.4 is 4.90 Å². The number of thiophene rings is 1. The first-order valence-corrected chi connectivity index (χ1v) is 12.8. The summed E-state index contributed by atoms with van der Waals surface area (Å²) < 4.78 is 2.55. The highest BCUT2D eigenvalue weighted by Gasteiger charge is 2.16. The van der Waals surface area contributed by atoms with Crippen molar-refractivity contribution < 1.29 is 0 Å². The molecule has 1 aromatic heterocycles. The Morgan fingerprint density at radius 2 is 1.29 bits per heavy atom. The van der Waals surface area contributed by atoms with Gasteiger partial charge in [-0.15, -0.1) is 11.3 Å². The Hall–Kier alpha value is -3.85. The van der Waals surface area contributed by atoms with Crippen LogP contribution in [-0.2, 0) is 0 Å². The molecule has 0 unspecified atom stereocenters. The third-order valence-electron chi connectivity index (χ3n) is 6.65. The van der Waals surface area contributed by atoms with Crippen LogP contribution in [0.15, 0.2) is 121 Å². The Morgan fingerprint density at radius 1 is 0.486 bits per heavy atom. The molecule has 3 heteroatoms. The van der Waals surface area contributed by atoms with Crippen molar-refractivity contribution in [3.05, 3.63) is 126 Å². The van der Waals surface area contributed by atoms with E-state index in [-0.39, 0.29) is 0 Å². The molecule has 1 nitrogen and oxygen atoms in total. The summed E-state index contributed by atoms with van der Waals surface area (Å²) in [5.41, 5.74) is 3.44. The molecular formula is C32H20ClNS. The van der Waals surface area contributed by atoms with Gasteiger partial charge in [0.15, 0.2) is 0 Å². The van der Waals surface area contributed by atoms with Crippen molar-refractivity contribution in [2.24, 2.45) is 0 Å². The van der Waals surface area contributed by atoms with E-state index in [1.165, 1.54) is 47.4 Å². The molecule has 0 atom stereocenters. The van der Waals surface area contributed by atoms with Gasteiger partial charge in [0.25, 0.3) is 0 Å². The van der Waals surface area contributed by atoms with Crippen molar-refractivity contribution in [2.45, 2.75) is 0 Å². The second-order valence-corrected chi connectivity index (χ2v) is 10.3. The lowest BCUT2D eigenvalue weighted by atomic mass is 10.0. The Bertz CT molecular complexity index is 1860. The van der Waals surface area contributed by atoms with Gasteiger partial charge in [-0.05, 0) is 76.8 Å². The predicted molar refractivity (Wildman–Crippen MR) is 154 cm³/mol. The first-order chi connectivity index (χ1) is 17.2. The molecule has 7 rings (SSSR count). The highest BCUT2D eigenvalue weighted by atomic mass is 35.5. The van der Waals surface area contributed by atoms with Crippen molar-refractivity contribution in [2.75, 3.05) is 4.90 Å². The molecule has 35 heavy (non-hydrogen) atoms. The zero-order valence-corrected chi connectivity index (χ0v) is 20.4. The first kappa shape index (κ1) is 20.5. The standard InChI is InChI=1S/C32H20ClNS/c33-24-14-16-31-29(20-24)28-18-23-17-26(15-13-22(23)19-32(28)35-31)34(25-9-2-1-3-10-25)30-12-6-8-21-7-4-5-11-27(21)30/h1-20H. The van der Waals surface area contributed by atoms with Gasteiger partial charge in [-0.2, -0.15) is 0 Å². The average Bonchev–Trinajstić information content (AvgIpc) is 3.25. The summed E-state index contributed by atoms with van der Waals surface area (Å²) in [5.74, 6) is 0. The lowest BCUT2D eigenvalue weighted by Crippen LogP contribution is -2.10. The SMILES string of the molecule is Clc1ccc2sc3cc4ccc(N(c5ccccc5)c5cccc6ccccc56)cc4cc3c2c1. The number of para-hydroxylation sites is 1. The zero-order chi connectivity index (χ0) is 23.4. The number of fused-ring (bicyclic) bond motifs is 5. The van der Waals surface area contributed by atoms with Gasteiger partial charge in [0.05, 0.1) is 5.69 Å². The second-order valence-electron chi connectivity index (χ2n) is 8.79. The van der Waals surface area contributed by atoms with Crippen LogP contribution in [0.5, 0.6) is 0 Å². The molecule has 0 amide bonds. The van der Waals surface area contributed by atoms with Crippen LogP contribution in [0.3, 0.4) is 0 Å². The highest BCUT2D eigenvalue weighted by molar-refractivity contribution is 7.25. The highest BCUT2D eigenvalue weighted by Crippen LogP contribution is 2.42.